The number of aryl methyl sites for hydroxylation is 1. The summed E-state index contributed by atoms with van der Waals surface area (Å²) in [5, 5.41) is 2.75. The van der Waals surface area contributed by atoms with Crippen molar-refractivity contribution in [3.8, 4) is 0 Å². The van der Waals surface area contributed by atoms with Crippen LogP contribution < -0.4 is 10.9 Å². The summed E-state index contributed by atoms with van der Waals surface area (Å²) < 4.78 is 16.0. The Morgan fingerprint density at radius 3 is 2.93 bits per heavy atom. The first-order valence-corrected chi connectivity index (χ1v) is 11.0. The summed E-state index contributed by atoms with van der Waals surface area (Å²) in [7, 11) is 0. The molecule has 0 radical (unpaired) electrons. The number of piperidine rings is 1. The minimum absolute atomic E-state index is 0.0620. The zero-order valence-corrected chi connectivity index (χ0v) is 17.7. The lowest BCUT2D eigenvalue weighted by Crippen LogP contribution is -2.48. The highest BCUT2D eigenvalue weighted by Crippen LogP contribution is 2.36. The molecule has 0 saturated carbocycles. The molecule has 0 unspecified atom stereocenters. The van der Waals surface area contributed by atoms with Gasteiger partial charge in [0.05, 0.1) is 5.75 Å². The minimum atomic E-state index is -0.381. The first-order chi connectivity index (χ1) is 13.9. The van der Waals surface area contributed by atoms with Gasteiger partial charge in [-0.2, -0.15) is 0 Å². The molecule has 2 aromatic rings. The van der Waals surface area contributed by atoms with E-state index in [1.165, 1.54) is 23.9 Å². The van der Waals surface area contributed by atoms with Crippen LogP contribution in [-0.2, 0) is 11.3 Å². The number of hydrogen-bond donors (Lipinski definition) is 1. The molecule has 8 heteroatoms. The average Bonchev–Trinajstić information content (AvgIpc) is 2.69. The third kappa shape index (κ3) is 4.38. The van der Waals surface area contributed by atoms with E-state index in [1.807, 2.05) is 23.6 Å². The fourth-order valence-electron chi connectivity index (χ4n) is 4.18. The Morgan fingerprint density at radius 1 is 1.28 bits per heavy atom. The van der Waals surface area contributed by atoms with Crippen molar-refractivity contribution in [3.63, 3.8) is 0 Å². The monoisotopic (exact) mass is 431 g/mol. The summed E-state index contributed by atoms with van der Waals surface area (Å²) in [6, 6.07) is 9.78. The van der Waals surface area contributed by atoms with Gasteiger partial charge in [0.2, 0.25) is 5.91 Å². The van der Waals surface area contributed by atoms with Gasteiger partial charge in [0.25, 0.3) is 5.56 Å². The Labute approximate surface area is 178 Å². The molecule has 2 aliphatic rings. The van der Waals surface area contributed by atoms with Crippen molar-refractivity contribution in [3.05, 3.63) is 63.8 Å². The fourth-order valence-corrected chi connectivity index (χ4v) is 5.16. The van der Waals surface area contributed by atoms with Gasteiger partial charge in [-0.1, -0.05) is 36.1 Å². The zero-order valence-electron chi connectivity index (χ0n) is 16.1. The number of aromatic nitrogens is 1. The number of carbonyl (C=O) groups excluding carboxylic acids is 1. The Morgan fingerprint density at radius 2 is 2.10 bits per heavy atom. The molecule has 0 spiro atoms. The predicted molar refractivity (Wildman–Crippen MR) is 118 cm³/mol. The van der Waals surface area contributed by atoms with E-state index in [0.29, 0.717) is 22.5 Å². The molecule has 1 aromatic heterocycles. The van der Waals surface area contributed by atoms with Crippen molar-refractivity contribution in [2.45, 2.75) is 25.8 Å². The molecule has 1 saturated heterocycles. The summed E-state index contributed by atoms with van der Waals surface area (Å²) in [6.45, 7) is 4.10. The molecule has 1 amide bonds. The fraction of sp³-hybridized carbons (Fsp3) is 0.381. The molecule has 0 aliphatic carbocycles. The maximum atomic E-state index is 13.4. The maximum Gasteiger partial charge on any atom is 0.250 e. The topological polar surface area (TPSA) is 54.3 Å². The lowest BCUT2D eigenvalue weighted by molar-refractivity contribution is -0.113. The van der Waals surface area contributed by atoms with E-state index >= 15 is 0 Å². The number of nitrogens with one attached hydrogen (secondary N) is 1. The van der Waals surface area contributed by atoms with Crippen LogP contribution in [-0.4, -0.2) is 38.5 Å². The minimum Gasteiger partial charge on any atom is -0.356 e. The number of nitrogens with zero attached hydrogens (tertiary/aromatic N) is 2. The molecule has 2 atom stereocenters. The van der Waals surface area contributed by atoms with Crippen molar-refractivity contribution in [2.75, 3.05) is 24.2 Å². The van der Waals surface area contributed by atoms with Gasteiger partial charge in [-0.15, -0.1) is 0 Å². The van der Waals surface area contributed by atoms with E-state index in [2.05, 4.69) is 10.2 Å². The maximum absolute atomic E-state index is 13.4. The Bertz CT molecular complexity index is 1020. The van der Waals surface area contributed by atoms with Crippen LogP contribution in [0.5, 0.6) is 0 Å². The van der Waals surface area contributed by atoms with Gasteiger partial charge in [0.15, 0.2) is 0 Å². The van der Waals surface area contributed by atoms with Crippen molar-refractivity contribution < 1.29 is 9.18 Å². The largest absolute Gasteiger partial charge is 0.356 e. The summed E-state index contributed by atoms with van der Waals surface area (Å²) in [4.78, 5) is 26.6. The number of carbonyl (C=O) groups is 1. The number of fused-ring (bicyclic) bond motifs is 4. The van der Waals surface area contributed by atoms with Crippen LogP contribution in [0, 0.1) is 18.7 Å². The van der Waals surface area contributed by atoms with Crippen LogP contribution in [0.1, 0.15) is 23.6 Å². The summed E-state index contributed by atoms with van der Waals surface area (Å²) in [5.41, 5.74) is 2.43. The molecule has 1 aromatic carbocycles. The number of benzene rings is 1. The van der Waals surface area contributed by atoms with Gasteiger partial charge < -0.3 is 14.8 Å². The SMILES string of the molecule is Cc1ccc(F)cc1NC(=O)CSC(=S)N1C[C@@H]2C[C@@H](C1)c1cccc(=O)n1C2. The second-order valence-electron chi connectivity index (χ2n) is 7.67. The molecule has 152 valence electrons. The second-order valence-corrected chi connectivity index (χ2v) is 9.27. The highest BCUT2D eigenvalue weighted by molar-refractivity contribution is 8.23. The normalized spacial score (nSPS) is 20.1. The number of likely N-dealkylation sites (tertiary alicyclic amines) is 1. The number of pyridine rings is 1. The van der Waals surface area contributed by atoms with E-state index in [4.69, 9.17) is 12.2 Å². The van der Waals surface area contributed by atoms with E-state index in [1.54, 1.807) is 12.1 Å². The molecule has 29 heavy (non-hydrogen) atoms. The molecule has 1 fully saturated rings. The molecule has 3 heterocycles. The van der Waals surface area contributed by atoms with Crippen LogP contribution in [0.3, 0.4) is 0 Å². The van der Waals surface area contributed by atoms with E-state index in [9.17, 15) is 14.0 Å². The van der Waals surface area contributed by atoms with Gasteiger partial charge in [-0.05, 0) is 43.0 Å². The number of thiocarbonyl (C=S) groups is 1. The summed E-state index contributed by atoms with van der Waals surface area (Å²) >= 11 is 6.91. The summed E-state index contributed by atoms with van der Waals surface area (Å²) in [6.07, 6.45) is 1.06. The van der Waals surface area contributed by atoms with Crippen LogP contribution in [0.2, 0.25) is 0 Å². The van der Waals surface area contributed by atoms with E-state index in [-0.39, 0.29) is 29.0 Å². The lowest BCUT2D eigenvalue weighted by Gasteiger charge is -2.43. The van der Waals surface area contributed by atoms with Crippen molar-refractivity contribution in [1.82, 2.24) is 9.47 Å². The number of thioether (sulfide) groups is 1. The van der Waals surface area contributed by atoms with Crippen LogP contribution in [0.4, 0.5) is 10.1 Å². The number of halogens is 1. The van der Waals surface area contributed by atoms with Crippen molar-refractivity contribution in [1.29, 1.82) is 0 Å². The molecule has 4 rings (SSSR count). The third-order valence-electron chi connectivity index (χ3n) is 5.54. The van der Waals surface area contributed by atoms with Gasteiger partial charge in [0.1, 0.15) is 10.1 Å². The van der Waals surface area contributed by atoms with Crippen molar-refractivity contribution in [2.24, 2.45) is 5.92 Å². The standard InChI is InChI=1S/C21H22FN3O2S2/c1-13-5-6-16(22)8-17(13)23-19(26)12-29-21(28)24-9-14-7-15(11-24)18-3-2-4-20(27)25(18)10-14/h2-6,8,14-15H,7,9-12H2,1H3,(H,23,26)/t14-,15-/m0/s1. The van der Waals surface area contributed by atoms with Gasteiger partial charge >= 0.3 is 0 Å². The number of hydrogen-bond acceptors (Lipinski definition) is 4. The Hall–Kier alpha value is -2.19. The first-order valence-electron chi connectivity index (χ1n) is 9.58. The quantitative estimate of drug-likeness (QED) is 0.756. The highest BCUT2D eigenvalue weighted by atomic mass is 32.2. The number of amides is 1. The van der Waals surface area contributed by atoms with Gasteiger partial charge in [0, 0.05) is 43.0 Å². The van der Waals surface area contributed by atoms with Crippen molar-refractivity contribution >= 4 is 39.9 Å². The van der Waals surface area contributed by atoms with Crippen LogP contribution in [0.15, 0.2) is 41.2 Å². The van der Waals surface area contributed by atoms with Crippen LogP contribution in [0.25, 0.3) is 0 Å². The Balaban J connectivity index is 1.36. The molecular formula is C21H22FN3O2S2. The number of rotatable bonds is 3. The number of anilines is 1. The predicted octanol–water partition coefficient (Wildman–Crippen LogP) is 3.37. The second kappa shape index (κ2) is 8.28. The summed E-state index contributed by atoms with van der Waals surface area (Å²) in [5.74, 6) is 0.243. The van der Waals surface area contributed by atoms with E-state index < -0.39 is 0 Å². The zero-order chi connectivity index (χ0) is 20.5. The van der Waals surface area contributed by atoms with Crippen LogP contribution >= 0.6 is 24.0 Å². The first kappa shape index (κ1) is 20.1. The van der Waals surface area contributed by atoms with Gasteiger partial charge in [-0.25, -0.2) is 4.39 Å². The molecule has 1 N–H and O–H groups in total. The Kier molecular flexibility index (Phi) is 5.74. The molecule has 5 nitrogen and oxygen atoms in total. The van der Waals surface area contributed by atoms with E-state index in [0.717, 1.165) is 30.8 Å². The highest BCUT2D eigenvalue weighted by Gasteiger charge is 2.35. The molecular weight excluding hydrogens is 409 g/mol. The lowest BCUT2D eigenvalue weighted by atomic mass is 9.83. The molecule has 2 bridgehead atoms. The average molecular weight is 432 g/mol. The molecule has 2 aliphatic heterocycles. The third-order valence-corrected chi connectivity index (χ3v) is 7.06. The smallest absolute Gasteiger partial charge is 0.250 e. The van der Waals surface area contributed by atoms with Gasteiger partial charge in [-0.3, -0.25) is 9.59 Å².